The summed E-state index contributed by atoms with van der Waals surface area (Å²) in [4.78, 5) is 38.2. The fourth-order valence-electron chi connectivity index (χ4n) is 7.42. The third-order valence-corrected chi connectivity index (χ3v) is 11.9. The fourth-order valence-corrected chi connectivity index (χ4v) is 7.42. The van der Waals surface area contributed by atoms with E-state index in [9.17, 15) is 14.4 Å². The van der Waals surface area contributed by atoms with Crippen molar-refractivity contribution in [2.24, 2.45) is 0 Å². The lowest BCUT2D eigenvalue weighted by Gasteiger charge is -2.18. The molecule has 428 valence electrons. The van der Waals surface area contributed by atoms with E-state index >= 15 is 0 Å². The Morgan fingerprint density at radius 3 is 0.896 bits per heavy atom. The van der Waals surface area contributed by atoms with Crippen molar-refractivity contribution in [3.63, 3.8) is 0 Å². The van der Waals surface area contributed by atoms with Crippen LogP contribution in [0.5, 0.6) is 0 Å². The van der Waals surface area contributed by atoms with Crippen LogP contribution >= 0.6 is 0 Å². The van der Waals surface area contributed by atoms with E-state index < -0.39 is 6.10 Å². The van der Waals surface area contributed by atoms with Crippen molar-refractivity contribution < 1.29 is 28.6 Å². The van der Waals surface area contributed by atoms with Crippen LogP contribution in [0.1, 0.15) is 226 Å². The fraction of sp³-hybridized carbons (Fsp3) is 0.535. The van der Waals surface area contributed by atoms with Crippen molar-refractivity contribution in [3.05, 3.63) is 182 Å². The number of allylic oxidation sites excluding steroid dienone is 30. The quantitative estimate of drug-likeness (QED) is 0.0261. The summed E-state index contributed by atoms with van der Waals surface area (Å²) in [7, 11) is 0. The standard InChI is InChI=1S/C71H108O6/c1-4-7-10-13-16-19-22-25-27-29-31-32-33-34-35-36-37-38-40-41-43-46-49-52-55-58-61-64-70(73)76-67-68(66-75-69(72)63-60-57-54-51-48-45-24-21-18-15-12-9-6-3)77-71(74)65-62-59-56-53-50-47-44-42-39-30-28-26-23-20-17-14-11-8-5-2/h7,9-10,12,16-21,25-28,31-32,34-35,37-39,41-43,45,48-49,52,54,57,68H,4-6,8,11,13-15,22-24,29-30,33,36,40,44,46-47,50-51,53,55-56,58-67H2,1-3H3/b10-7-,12-9-,19-16-,20-17-,21-18-,27-25-,28-26-,32-31-,35-34-,38-37-,42-39-,43-41-,48-45-,52-49-,57-54-. The second-order valence-corrected chi connectivity index (χ2v) is 19.1. The van der Waals surface area contributed by atoms with E-state index in [2.05, 4.69) is 191 Å². The first kappa shape index (κ1) is 71.5. The van der Waals surface area contributed by atoms with Crippen molar-refractivity contribution in [1.82, 2.24) is 0 Å². The van der Waals surface area contributed by atoms with Crippen LogP contribution < -0.4 is 0 Å². The Kier molecular flexibility index (Phi) is 58.6. The van der Waals surface area contributed by atoms with Gasteiger partial charge in [-0.1, -0.05) is 242 Å². The van der Waals surface area contributed by atoms with Crippen molar-refractivity contribution in [1.29, 1.82) is 0 Å². The molecule has 0 N–H and O–H groups in total. The van der Waals surface area contributed by atoms with Gasteiger partial charge in [0.25, 0.3) is 0 Å². The third-order valence-electron chi connectivity index (χ3n) is 11.9. The molecular formula is C71H108O6. The number of hydrogen-bond donors (Lipinski definition) is 0. The second kappa shape index (κ2) is 63.0. The average molecular weight is 1060 g/mol. The lowest BCUT2D eigenvalue weighted by molar-refractivity contribution is -0.166. The molecule has 0 fully saturated rings. The number of esters is 3. The van der Waals surface area contributed by atoms with E-state index in [0.717, 1.165) is 135 Å². The van der Waals surface area contributed by atoms with E-state index in [0.29, 0.717) is 12.8 Å². The zero-order valence-corrected chi connectivity index (χ0v) is 48.9. The van der Waals surface area contributed by atoms with Gasteiger partial charge in [0.15, 0.2) is 6.10 Å². The van der Waals surface area contributed by atoms with Gasteiger partial charge in [0.2, 0.25) is 0 Å². The van der Waals surface area contributed by atoms with Crippen LogP contribution in [0.3, 0.4) is 0 Å². The molecular weight excluding hydrogens is 949 g/mol. The summed E-state index contributed by atoms with van der Waals surface area (Å²) >= 11 is 0. The third kappa shape index (κ3) is 61.2. The lowest BCUT2D eigenvalue weighted by atomic mass is 10.1. The maximum Gasteiger partial charge on any atom is 0.306 e. The van der Waals surface area contributed by atoms with Crippen molar-refractivity contribution in [2.75, 3.05) is 13.2 Å². The number of carbonyl (C=O) groups is 3. The van der Waals surface area contributed by atoms with Gasteiger partial charge < -0.3 is 14.2 Å². The van der Waals surface area contributed by atoms with Crippen LogP contribution in [-0.4, -0.2) is 37.2 Å². The zero-order valence-electron chi connectivity index (χ0n) is 48.9. The minimum atomic E-state index is -0.844. The van der Waals surface area contributed by atoms with Gasteiger partial charge in [0.05, 0.1) is 0 Å². The Bertz CT molecular complexity index is 1840. The lowest BCUT2D eigenvalue weighted by Crippen LogP contribution is -2.30. The second-order valence-electron chi connectivity index (χ2n) is 19.1. The highest BCUT2D eigenvalue weighted by Crippen LogP contribution is 2.12. The van der Waals surface area contributed by atoms with Gasteiger partial charge >= 0.3 is 17.9 Å². The van der Waals surface area contributed by atoms with Crippen LogP contribution in [0, 0.1) is 0 Å². The van der Waals surface area contributed by atoms with Crippen LogP contribution in [-0.2, 0) is 28.6 Å². The Labute approximate surface area is 472 Å². The summed E-state index contributed by atoms with van der Waals surface area (Å²) < 4.78 is 16.8. The Hall–Kier alpha value is -5.49. The first-order chi connectivity index (χ1) is 38.0. The largest absolute Gasteiger partial charge is 0.462 e. The minimum absolute atomic E-state index is 0.138. The van der Waals surface area contributed by atoms with Crippen LogP contribution in [0.4, 0.5) is 0 Å². The summed E-state index contributed by atoms with van der Waals surface area (Å²) in [5.74, 6) is -1.08. The highest BCUT2D eigenvalue weighted by Gasteiger charge is 2.19. The number of unbranched alkanes of at least 4 members (excludes halogenated alkanes) is 11. The number of rotatable bonds is 52. The van der Waals surface area contributed by atoms with Gasteiger partial charge in [-0.15, -0.1) is 0 Å². The normalized spacial score (nSPS) is 13.4. The maximum absolute atomic E-state index is 12.9. The van der Waals surface area contributed by atoms with E-state index in [1.807, 2.05) is 12.2 Å². The molecule has 0 rings (SSSR count). The molecule has 0 aliphatic carbocycles. The molecule has 1 unspecified atom stereocenters. The molecule has 0 saturated heterocycles. The highest BCUT2D eigenvalue weighted by atomic mass is 16.6. The topological polar surface area (TPSA) is 78.9 Å². The van der Waals surface area contributed by atoms with E-state index in [1.54, 1.807) is 0 Å². The van der Waals surface area contributed by atoms with Crippen molar-refractivity contribution in [3.8, 4) is 0 Å². The molecule has 0 spiro atoms. The summed E-state index contributed by atoms with van der Waals surface area (Å²) in [6, 6.07) is 0. The molecule has 0 amide bonds. The van der Waals surface area contributed by atoms with E-state index in [1.165, 1.54) is 38.5 Å². The molecule has 6 heteroatoms. The van der Waals surface area contributed by atoms with Crippen molar-refractivity contribution >= 4 is 17.9 Å². The van der Waals surface area contributed by atoms with Gasteiger partial charge in [0.1, 0.15) is 13.2 Å². The maximum atomic E-state index is 12.9. The van der Waals surface area contributed by atoms with E-state index in [4.69, 9.17) is 14.2 Å². The molecule has 0 bridgehead atoms. The molecule has 77 heavy (non-hydrogen) atoms. The van der Waals surface area contributed by atoms with Gasteiger partial charge in [-0.05, 0) is 148 Å². The smallest absolute Gasteiger partial charge is 0.306 e. The molecule has 0 aliphatic rings. The summed E-state index contributed by atoms with van der Waals surface area (Å²) in [6.45, 7) is 6.25. The average Bonchev–Trinajstić information content (AvgIpc) is 3.43. The molecule has 0 aliphatic heterocycles. The molecule has 6 nitrogen and oxygen atoms in total. The molecule has 1 atom stereocenters. The van der Waals surface area contributed by atoms with Crippen molar-refractivity contribution in [2.45, 2.75) is 232 Å². The summed E-state index contributed by atoms with van der Waals surface area (Å²) in [5.41, 5.74) is 0. The SMILES string of the molecule is CC/C=C\C/C=C\C/C=C\C/C=C\C/C=C\C/C=C\C/C=C\C/C=C\CCCCC(=O)OCC(COC(=O)CC/C=C\C/C=C\C/C=C\C/C=C\CC)OC(=O)CCCCCCCC/C=C\C/C=C\C/C=C\CCCCC. The van der Waals surface area contributed by atoms with Crippen LogP contribution in [0.2, 0.25) is 0 Å². The highest BCUT2D eigenvalue weighted by molar-refractivity contribution is 5.71. The molecule has 0 heterocycles. The van der Waals surface area contributed by atoms with Crippen LogP contribution in [0.15, 0.2) is 182 Å². The van der Waals surface area contributed by atoms with Gasteiger partial charge in [0, 0.05) is 19.3 Å². The first-order valence-electron chi connectivity index (χ1n) is 30.3. The molecule has 0 aromatic heterocycles. The molecule has 0 saturated carbocycles. The van der Waals surface area contributed by atoms with E-state index in [-0.39, 0.29) is 50.4 Å². The molecule has 0 aromatic carbocycles. The molecule has 0 aromatic rings. The Balaban J connectivity index is 4.54. The summed E-state index contributed by atoms with van der Waals surface area (Å²) in [5, 5.41) is 0. The van der Waals surface area contributed by atoms with Gasteiger partial charge in [-0.25, -0.2) is 0 Å². The summed E-state index contributed by atoms with van der Waals surface area (Å²) in [6.07, 6.45) is 94.7. The monoisotopic (exact) mass is 1060 g/mol. The predicted octanol–water partition coefficient (Wildman–Crippen LogP) is 20.9. The number of hydrogen-bond acceptors (Lipinski definition) is 6. The van der Waals surface area contributed by atoms with Crippen LogP contribution in [0.25, 0.3) is 0 Å². The number of carbonyl (C=O) groups excluding carboxylic acids is 3. The Morgan fingerprint density at radius 1 is 0.273 bits per heavy atom. The molecule has 0 radical (unpaired) electrons. The minimum Gasteiger partial charge on any atom is -0.462 e. The Morgan fingerprint density at radius 2 is 0.532 bits per heavy atom. The predicted molar refractivity (Wildman–Crippen MR) is 334 cm³/mol. The number of ether oxygens (including phenoxy) is 3. The van der Waals surface area contributed by atoms with Gasteiger partial charge in [-0.3, -0.25) is 14.4 Å². The zero-order chi connectivity index (χ0) is 55.7. The van der Waals surface area contributed by atoms with Gasteiger partial charge in [-0.2, -0.15) is 0 Å². The first-order valence-corrected chi connectivity index (χ1v) is 30.3.